The SMILES string of the molecule is COC(=O)NC(C(=O)Nc1ccccc1CC[C@@H]1CN[C@H](CNC(=O)c2c(C)cccc2C)CO1)C(c1ccccc1)c1ccccc1. The van der Waals surface area contributed by atoms with Gasteiger partial charge in [0, 0.05) is 36.3 Å². The Balaban J connectivity index is 1.21. The summed E-state index contributed by atoms with van der Waals surface area (Å²) in [5.41, 5.74) is 6.05. The molecule has 0 spiro atoms. The number of hydrogen-bond donors (Lipinski definition) is 4. The number of aryl methyl sites for hydroxylation is 3. The van der Waals surface area contributed by atoms with Crippen molar-refractivity contribution in [1.29, 1.82) is 0 Å². The number of morpholine rings is 1. The minimum atomic E-state index is -0.951. The first-order valence-corrected chi connectivity index (χ1v) is 16.4. The van der Waals surface area contributed by atoms with E-state index < -0.39 is 18.1 Å². The second-order valence-corrected chi connectivity index (χ2v) is 12.1. The topological polar surface area (TPSA) is 118 Å². The van der Waals surface area contributed by atoms with Gasteiger partial charge < -0.3 is 30.7 Å². The van der Waals surface area contributed by atoms with Crippen molar-refractivity contribution < 1.29 is 23.9 Å². The van der Waals surface area contributed by atoms with Gasteiger partial charge in [0.15, 0.2) is 0 Å². The monoisotopic (exact) mass is 648 g/mol. The average Bonchev–Trinajstić information content (AvgIpc) is 3.11. The fourth-order valence-corrected chi connectivity index (χ4v) is 6.23. The van der Waals surface area contributed by atoms with Gasteiger partial charge >= 0.3 is 6.09 Å². The summed E-state index contributed by atoms with van der Waals surface area (Å²) in [6.45, 7) is 5.50. The molecule has 5 rings (SSSR count). The van der Waals surface area contributed by atoms with Crippen molar-refractivity contribution >= 4 is 23.6 Å². The number of methoxy groups -OCH3 is 1. The maximum atomic E-state index is 14.0. The van der Waals surface area contributed by atoms with Gasteiger partial charge in [-0.1, -0.05) is 97.1 Å². The molecule has 0 bridgehead atoms. The summed E-state index contributed by atoms with van der Waals surface area (Å²) in [6.07, 6.45) is 0.702. The highest BCUT2D eigenvalue weighted by atomic mass is 16.5. The molecule has 48 heavy (non-hydrogen) atoms. The molecule has 0 saturated carbocycles. The number of alkyl carbamates (subject to hydrolysis) is 1. The zero-order chi connectivity index (χ0) is 33.9. The number of benzene rings is 4. The molecule has 1 unspecified atom stereocenters. The first kappa shape index (κ1) is 34.3. The molecule has 1 saturated heterocycles. The zero-order valence-corrected chi connectivity index (χ0v) is 27.7. The van der Waals surface area contributed by atoms with Crippen LogP contribution in [0.2, 0.25) is 0 Å². The molecule has 1 heterocycles. The number of rotatable bonds is 12. The summed E-state index contributed by atoms with van der Waals surface area (Å²) in [7, 11) is 1.28. The van der Waals surface area contributed by atoms with E-state index in [4.69, 9.17) is 9.47 Å². The van der Waals surface area contributed by atoms with Crippen molar-refractivity contribution in [1.82, 2.24) is 16.0 Å². The van der Waals surface area contributed by atoms with Crippen LogP contribution in [-0.2, 0) is 20.7 Å². The van der Waals surface area contributed by atoms with Crippen molar-refractivity contribution in [3.8, 4) is 0 Å². The number of amides is 3. The third-order valence-electron chi connectivity index (χ3n) is 8.79. The predicted octanol–water partition coefficient (Wildman–Crippen LogP) is 5.52. The molecule has 9 nitrogen and oxygen atoms in total. The summed E-state index contributed by atoms with van der Waals surface area (Å²) >= 11 is 0. The molecule has 0 aromatic heterocycles. The standard InChI is InChI=1S/C39H44N4O5/c1-26-13-12-14-27(2)34(26)37(44)41-23-31-25-48-32(24-40-31)22-21-28-15-10-11-20-33(28)42-38(45)36(43-39(46)47-3)35(29-16-6-4-7-17-29)30-18-8-5-9-19-30/h4-20,31-32,35-36,40H,21-25H2,1-3H3,(H,41,44)(H,42,45)(H,43,46)/t31-,32-,36?/m1/s1. The van der Waals surface area contributed by atoms with Crippen LogP contribution in [0.5, 0.6) is 0 Å². The highest BCUT2D eigenvalue weighted by molar-refractivity contribution is 5.98. The smallest absolute Gasteiger partial charge is 0.407 e. The molecule has 3 amide bonds. The number of carbonyl (C=O) groups excluding carboxylic acids is 3. The third-order valence-corrected chi connectivity index (χ3v) is 8.79. The molecule has 4 N–H and O–H groups in total. The molecule has 1 aliphatic heterocycles. The lowest BCUT2D eigenvalue weighted by Crippen LogP contribution is -2.51. The van der Waals surface area contributed by atoms with Gasteiger partial charge in [0.25, 0.3) is 5.91 Å². The van der Waals surface area contributed by atoms with Crippen molar-refractivity contribution in [2.45, 2.75) is 50.8 Å². The molecule has 4 aromatic carbocycles. The summed E-state index contributed by atoms with van der Waals surface area (Å²) in [5.74, 6) is -0.887. The van der Waals surface area contributed by atoms with Gasteiger partial charge in [-0.15, -0.1) is 0 Å². The summed E-state index contributed by atoms with van der Waals surface area (Å²) in [6, 6.07) is 31.9. The Bertz CT molecular complexity index is 1610. The second-order valence-electron chi connectivity index (χ2n) is 12.1. The number of nitrogens with one attached hydrogen (secondary N) is 4. The summed E-state index contributed by atoms with van der Waals surface area (Å²) in [4.78, 5) is 39.4. The Morgan fingerprint density at radius 3 is 2.08 bits per heavy atom. The van der Waals surface area contributed by atoms with Crippen LogP contribution in [0, 0.1) is 13.8 Å². The van der Waals surface area contributed by atoms with E-state index in [9.17, 15) is 14.4 Å². The maximum absolute atomic E-state index is 14.0. The van der Waals surface area contributed by atoms with E-state index in [-0.39, 0.29) is 24.0 Å². The minimum absolute atomic E-state index is 0.0162. The van der Waals surface area contributed by atoms with Crippen LogP contribution < -0.4 is 21.3 Å². The number of ether oxygens (including phenoxy) is 2. The summed E-state index contributed by atoms with van der Waals surface area (Å²) in [5, 5.41) is 12.4. The zero-order valence-electron chi connectivity index (χ0n) is 27.7. The molecule has 0 radical (unpaired) electrons. The van der Waals surface area contributed by atoms with Gasteiger partial charge in [-0.05, 0) is 60.6 Å². The largest absolute Gasteiger partial charge is 0.453 e. The Morgan fingerprint density at radius 1 is 0.854 bits per heavy atom. The van der Waals surface area contributed by atoms with E-state index in [1.54, 1.807) is 0 Å². The fourth-order valence-electron chi connectivity index (χ4n) is 6.23. The van der Waals surface area contributed by atoms with Crippen LogP contribution in [0.25, 0.3) is 0 Å². The normalized spacial score (nSPS) is 16.5. The lowest BCUT2D eigenvalue weighted by Gasteiger charge is -2.31. The van der Waals surface area contributed by atoms with Gasteiger partial charge in [0.05, 0.1) is 19.8 Å². The average molecular weight is 649 g/mol. The lowest BCUT2D eigenvalue weighted by atomic mass is 9.84. The van der Waals surface area contributed by atoms with Gasteiger partial charge in [-0.2, -0.15) is 0 Å². The van der Waals surface area contributed by atoms with Crippen LogP contribution in [-0.4, -0.2) is 62.9 Å². The number of carbonyl (C=O) groups is 3. The first-order chi connectivity index (χ1) is 23.3. The molecule has 3 atom stereocenters. The lowest BCUT2D eigenvalue weighted by molar-refractivity contribution is -0.118. The second kappa shape index (κ2) is 16.7. The molecule has 4 aromatic rings. The van der Waals surface area contributed by atoms with E-state index in [2.05, 4.69) is 21.3 Å². The highest BCUT2D eigenvalue weighted by Crippen LogP contribution is 2.30. The quantitative estimate of drug-likeness (QED) is 0.161. The maximum Gasteiger partial charge on any atom is 0.407 e. The van der Waals surface area contributed by atoms with Crippen LogP contribution >= 0.6 is 0 Å². The molecular formula is C39H44N4O5. The van der Waals surface area contributed by atoms with Crippen LogP contribution in [0.3, 0.4) is 0 Å². The van der Waals surface area contributed by atoms with E-state index in [1.165, 1.54) is 7.11 Å². The van der Waals surface area contributed by atoms with Crippen LogP contribution in [0.4, 0.5) is 10.5 Å². The van der Waals surface area contributed by atoms with E-state index >= 15 is 0 Å². The van der Waals surface area contributed by atoms with Crippen LogP contribution in [0.15, 0.2) is 103 Å². The van der Waals surface area contributed by atoms with Crippen molar-refractivity contribution in [2.24, 2.45) is 0 Å². The number of anilines is 1. The Morgan fingerprint density at radius 2 is 1.48 bits per heavy atom. The van der Waals surface area contributed by atoms with Gasteiger partial charge in [0.2, 0.25) is 5.91 Å². The van der Waals surface area contributed by atoms with Gasteiger partial charge in [0.1, 0.15) is 6.04 Å². The van der Waals surface area contributed by atoms with Gasteiger partial charge in [-0.3, -0.25) is 9.59 Å². The molecular weight excluding hydrogens is 604 g/mol. The van der Waals surface area contributed by atoms with Crippen LogP contribution in [0.1, 0.15) is 50.5 Å². The highest BCUT2D eigenvalue weighted by Gasteiger charge is 2.33. The Hall–Kier alpha value is -4.99. The molecule has 250 valence electrons. The van der Waals surface area contributed by atoms with Crippen molar-refractivity contribution in [3.05, 3.63) is 137 Å². The minimum Gasteiger partial charge on any atom is -0.453 e. The Labute approximate surface area is 282 Å². The number of para-hydroxylation sites is 1. The molecule has 9 heteroatoms. The van der Waals surface area contributed by atoms with Gasteiger partial charge in [-0.25, -0.2) is 4.79 Å². The fraction of sp³-hybridized carbons (Fsp3) is 0.308. The molecule has 1 aliphatic rings. The third kappa shape index (κ3) is 8.87. The predicted molar refractivity (Wildman–Crippen MR) is 187 cm³/mol. The van der Waals surface area contributed by atoms with Crippen molar-refractivity contribution in [3.63, 3.8) is 0 Å². The first-order valence-electron chi connectivity index (χ1n) is 16.4. The van der Waals surface area contributed by atoms with E-state index in [0.717, 1.165) is 39.8 Å². The molecule has 0 aliphatic carbocycles. The summed E-state index contributed by atoms with van der Waals surface area (Å²) < 4.78 is 11.1. The molecule has 1 fully saturated rings. The van der Waals surface area contributed by atoms with E-state index in [0.29, 0.717) is 31.8 Å². The van der Waals surface area contributed by atoms with Crippen molar-refractivity contribution in [2.75, 3.05) is 32.1 Å². The number of hydrogen-bond acceptors (Lipinski definition) is 6. The van der Waals surface area contributed by atoms with E-state index in [1.807, 2.05) is 117 Å². The Kier molecular flexibility index (Phi) is 12.0.